The van der Waals surface area contributed by atoms with Gasteiger partial charge >= 0.3 is 0 Å². The number of nitrogens with one attached hydrogen (secondary N) is 2. The van der Waals surface area contributed by atoms with Gasteiger partial charge in [-0.05, 0) is 49.0 Å². The number of hydrogen-bond donors (Lipinski definition) is 2. The van der Waals surface area contributed by atoms with Gasteiger partial charge in [0.15, 0.2) is 0 Å². The summed E-state index contributed by atoms with van der Waals surface area (Å²) in [4.78, 5) is 12.4. The number of carbonyl (C=O) groups excluding carboxylic acids is 1. The number of thioether (sulfide) groups is 1. The van der Waals surface area contributed by atoms with Gasteiger partial charge in [-0.1, -0.05) is 26.0 Å². The molecule has 0 aliphatic rings. The maximum atomic E-state index is 12.4. The molecule has 1 aromatic rings. The lowest BCUT2D eigenvalue weighted by Crippen LogP contribution is -2.44. The number of amides is 1. The zero-order chi connectivity index (χ0) is 17.5. The maximum absolute atomic E-state index is 12.4. The lowest BCUT2D eigenvalue weighted by atomic mass is 10.0. The first-order chi connectivity index (χ1) is 10.8. The Labute approximate surface area is 143 Å². The molecule has 1 aromatic carbocycles. The van der Waals surface area contributed by atoms with Gasteiger partial charge in [-0.3, -0.25) is 4.79 Å². The second-order valence-electron chi connectivity index (χ2n) is 5.62. The summed E-state index contributed by atoms with van der Waals surface area (Å²) in [6.07, 6.45) is 2.38. The molecule has 130 valence electrons. The second-order valence-corrected chi connectivity index (χ2v) is 8.65. The van der Waals surface area contributed by atoms with Crippen LogP contribution in [0.15, 0.2) is 24.3 Å². The molecule has 1 amide bonds. The van der Waals surface area contributed by atoms with Crippen molar-refractivity contribution in [2.45, 2.75) is 39.2 Å². The van der Waals surface area contributed by atoms with Crippen molar-refractivity contribution in [3.63, 3.8) is 0 Å². The minimum Gasteiger partial charge on any atom is -0.325 e. The SMILES string of the molecule is CCS(=O)(=O)NC(CCSC)C(=O)Nc1cccc(C(C)C)c1. The van der Waals surface area contributed by atoms with Crippen LogP contribution in [0.2, 0.25) is 0 Å². The molecule has 0 aliphatic carbocycles. The Kier molecular flexibility index (Phi) is 8.08. The van der Waals surface area contributed by atoms with Gasteiger partial charge in [0.2, 0.25) is 15.9 Å². The van der Waals surface area contributed by atoms with Crippen LogP contribution in [0.5, 0.6) is 0 Å². The molecule has 0 radical (unpaired) electrons. The van der Waals surface area contributed by atoms with Gasteiger partial charge in [0, 0.05) is 5.69 Å². The summed E-state index contributed by atoms with van der Waals surface area (Å²) < 4.78 is 26.0. The Morgan fingerprint density at radius 2 is 2.00 bits per heavy atom. The Morgan fingerprint density at radius 1 is 1.30 bits per heavy atom. The van der Waals surface area contributed by atoms with Crippen molar-refractivity contribution in [2.24, 2.45) is 0 Å². The van der Waals surface area contributed by atoms with Crippen molar-refractivity contribution in [1.82, 2.24) is 4.72 Å². The zero-order valence-corrected chi connectivity index (χ0v) is 15.8. The third-order valence-electron chi connectivity index (χ3n) is 3.45. The van der Waals surface area contributed by atoms with Gasteiger partial charge in [-0.25, -0.2) is 13.1 Å². The number of carbonyl (C=O) groups is 1. The molecule has 1 unspecified atom stereocenters. The van der Waals surface area contributed by atoms with Crippen LogP contribution in [-0.2, 0) is 14.8 Å². The fourth-order valence-corrected chi connectivity index (χ4v) is 3.28. The summed E-state index contributed by atoms with van der Waals surface area (Å²) in [5.41, 5.74) is 1.81. The molecular weight excluding hydrogens is 332 g/mol. The predicted octanol–water partition coefficient (Wildman–Crippen LogP) is 2.81. The first kappa shape index (κ1) is 20.0. The van der Waals surface area contributed by atoms with Crippen LogP contribution in [0.1, 0.15) is 38.7 Å². The molecule has 0 saturated carbocycles. The fourth-order valence-electron chi connectivity index (χ4n) is 1.98. The van der Waals surface area contributed by atoms with Crippen molar-refractivity contribution < 1.29 is 13.2 Å². The molecule has 0 heterocycles. The van der Waals surface area contributed by atoms with E-state index in [1.54, 1.807) is 18.7 Å². The standard InChI is InChI=1S/C16H26N2O3S2/c1-5-23(20,21)18-15(9-10-22-4)16(19)17-14-8-6-7-13(11-14)12(2)3/h6-8,11-12,15,18H,5,9-10H2,1-4H3,(H,17,19). The molecule has 0 saturated heterocycles. The summed E-state index contributed by atoms with van der Waals surface area (Å²) in [6.45, 7) is 5.72. The van der Waals surface area contributed by atoms with Crippen molar-refractivity contribution >= 4 is 33.4 Å². The summed E-state index contributed by atoms with van der Waals surface area (Å²) in [7, 11) is -3.43. The summed E-state index contributed by atoms with van der Waals surface area (Å²) in [6, 6.07) is 6.87. The molecular formula is C16H26N2O3S2. The minimum atomic E-state index is -3.43. The monoisotopic (exact) mass is 358 g/mol. The van der Waals surface area contributed by atoms with E-state index in [2.05, 4.69) is 23.9 Å². The Bertz CT molecular complexity index is 616. The van der Waals surface area contributed by atoms with E-state index >= 15 is 0 Å². The molecule has 0 aromatic heterocycles. The summed E-state index contributed by atoms with van der Waals surface area (Å²) in [5.74, 6) is 0.699. The van der Waals surface area contributed by atoms with Gasteiger partial charge in [0.1, 0.15) is 6.04 Å². The van der Waals surface area contributed by atoms with E-state index in [0.717, 1.165) is 5.56 Å². The van der Waals surface area contributed by atoms with Gasteiger partial charge in [0.05, 0.1) is 5.75 Å². The quantitative estimate of drug-likeness (QED) is 0.712. The fraction of sp³-hybridized carbons (Fsp3) is 0.562. The van der Waals surface area contributed by atoms with Crippen LogP contribution >= 0.6 is 11.8 Å². The highest BCUT2D eigenvalue weighted by Gasteiger charge is 2.23. The molecule has 0 spiro atoms. The molecule has 1 rings (SSSR count). The molecule has 0 aliphatic heterocycles. The predicted molar refractivity (Wildman–Crippen MR) is 98.5 cm³/mol. The number of benzene rings is 1. The molecule has 0 fully saturated rings. The smallest absolute Gasteiger partial charge is 0.242 e. The molecule has 7 heteroatoms. The number of anilines is 1. The van der Waals surface area contributed by atoms with Crippen LogP contribution in [0.4, 0.5) is 5.69 Å². The maximum Gasteiger partial charge on any atom is 0.242 e. The van der Waals surface area contributed by atoms with Crippen molar-refractivity contribution in [3.8, 4) is 0 Å². The zero-order valence-electron chi connectivity index (χ0n) is 14.1. The second kappa shape index (κ2) is 9.30. The number of sulfonamides is 1. The van der Waals surface area contributed by atoms with Gasteiger partial charge in [0.25, 0.3) is 0 Å². The van der Waals surface area contributed by atoms with Crippen molar-refractivity contribution in [1.29, 1.82) is 0 Å². The minimum absolute atomic E-state index is 0.0428. The Balaban J connectivity index is 2.86. The largest absolute Gasteiger partial charge is 0.325 e. The van der Waals surface area contributed by atoms with E-state index in [4.69, 9.17) is 0 Å². The highest BCUT2D eigenvalue weighted by atomic mass is 32.2. The van der Waals surface area contributed by atoms with Crippen LogP contribution in [0.3, 0.4) is 0 Å². The van der Waals surface area contributed by atoms with E-state index < -0.39 is 16.1 Å². The summed E-state index contributed by atoms with van der Waals surface area (Å²) >= 11 is 1.58. The van der Waals surface area contributed by atoms with E-state index in [1.165, 1.54) is 0 Å². The molecule has 2 N–H and O–H groups in total. The topological polar surface area (TPSA) is 75.3 Å². The average Bonchev–Trinajstić information content (AvgIpc) is 2.51. The third kappa shape index (κ3) is 6.93. The lowest BCUT2D eigenvalue weighted by molar-refractivity contribution is -0.117. The van der Waals surface area contributed by atoms with E-state index in [9.17, 15) is 13.2 Å². The normalized spacial score (nSPS) is 13.1. The number of rotatable bonds is 9. The lowest BCUT2D eigenvalue weighted by Gasteiger charge is -2.18. The van der Waals surface area contributed by atoms with E-state index in [1.807, 2.05) is 30.5 Å². The first-order valence-corrected chi connectivity index (χ1v) is 10.7. The average molecular weight is 359 g/mol. The number of hydrogen-bond acceptors (Lipinski definition) is 4. The van der Waals surface area contributed by atoms with Crippen LogP contribution in [0, 0.1) is 0 Å². The molecule has 5 nitrogen and oxygen atoms in total. The van der Waals surface area contributed by atoms with Crippen LogP contribution in [0.25, 0.3) is 0 Å². The Morgan fingerprint density at radius 3 is 2.57 bits per heavy atom. The summed E-state index contributed by atoms with van der Waals surface area (Å²) in [5, 5.41) is 2.82. The molecule has 0 bridgehead atoms. The molecule has 23 heavy (non-hydrogen) atoms. The Hall–Kier alpha value is -1.05. The van der Waals surface area contributed by atoms with E-state index in [-0.39, 0.29) is 11.7 Å². The highest BCUT2D eigenvalue weighted by Crippen LogP contribution is 2.19. The van der Waals surface area contributed by atoms with Gasteiger partial charge in [-0.15, -0.1) is 0 Å². The van der Waals surface area contributed by atoms with E-state index in [0.29, 0.717) is 23.8 Å². The van der Waals surface area contributed by atoms with Gasteiger partial charge < -0.3 is 5.32 Å². The van der Waals surface area contributed by atoms with Crippen molar-refractivity contribution in [2.75, 3.05) is 23.1 Å². The highest BCUT2D eigenvalue weighted by molar-refractivity contribution is 7.98. The third-order valence-corrected chi connectivity index (χ3v) is 5.50. The van der Waals surface area contributed by atoms with Crippen LogP contribution < -0.4 is 10.0 Å². The van der Waals surface area contributed by atoms with Crippen LogP contribution in [-0.4, -0.2) is 38.1 Å². The molecule has 1 atom stereocenters. The first-order valence-electron chi connectivity index (χ1n) is 7.68. The van der Waals surface area contributed by atoms with Gasteiger partial charge in [-0.2, -0.15) is 11.8 Å². The van der Waals surface area contributed by atoms with Crippen molar-refractivity contribution in [3.05, 3.63) is 29.8 Å².